The maximum Gasteiger partial charge on any atom is 0.336 e. The third-order valence-electron chi connectivity index (χ3n) is 3.85. The molecule has 0 amide bonds. The number of rotatable bonds is 3. The smallest absolute Gasteiger partial charge is 0.336 e. The number of pyridine rings is 2. The molecule has 0 radical (unpaired) electrons. The fourth-order valence-corrected chi connectivity index (χ4v) is 2.79. The Balaban J connectivity index is 1.63. The van der Waals surface area contributed by atoms with E-state index in [4.69, 9.17) is 16.0 Å². The Labute approximate surface area is 146 Å². The Morgan fingerprint density at radius 1 is 1.08 bits per heavy atom. The van der Waals surface area contributed by atoms with Gasteiger partial charge in [-0.3, -0.25) is 4.79 Å². The molecular weight excluding hydrogens is 342 g/mol. The van der Waals surface area contributed by atoms with Crippen molar-refractivity contribution in [2.45, 2.75) is 6.54 Å². The molecule has 0 fully saturated rings. The molecule has 0 bridgehead atoms. The molecule has 0 saturated heterocycles. The average Bonchev–Trinajstić information content (AvgIpc) is 2.60. The second kappa shape index (κ2) is 6.07. The van der Waals surface area contributed by atoms with Crippen LogP contribution in [0.15, 0.2) is 62.7 Å². The zero-order valence-electron chi connectivity index (χ0n) is 12.9. The van der Waals surface area contributed by atoms with Crippen LogP contribution in [0.1, 0.15) is 5.56 Å². The molecular formula is C18H12ClN3O3. The van der Waals surface area contributed by atoms with Crippen molar-refractivity contribution < 1.29 is 4.42 Å². The van der Waals surface area contributed by atoms with Crippen molar-refractivity contribution in [1.82, 2.24) is 9.97 Å². The highest BCUT2D eigenvalue weighted by molar-refractivity contribution is 6.31. The van der Waals surface area contributed by atoms with E-state index in [1.807, 2.05) is 0 Å². The summed E-state index contributed by atoms with van der Waals surface area (Å²) in [6.07, 6.45) is 1.48. The zero-order valence-corrected chi connectivity index (χ0v) is 13.6. The molecule has 0 unspecified atom stereocenters. The van der Waals surface area contributed by atoms with E-state index in [0.717, 1.165) is 16.3 Å². The number of nitrogens with zero attached hydrogens (tertiary/aromatic N) is 1. The lowest BCUT2D eigenvalue weighted by Crippen LogP contribution is -2.16. The topological polar surface area (TPSA) is 88.0 Å². The number of halogens is 1. The molecule has 124 valence electrons. The third kappa shape index (κ3) is 3.12. The van der Waals surface area contributed by atoms with Crippen LogP contribution in [-0.2, 0) is 6.54 Å². The predicted octanol–water partition coefficient (Wildman–Crippen LogP) is 3.30. The maximum atomic E-state index is 12.2. The van der Waals surface area contributed by atoms with Gasteiger partial charge >= 0.3 is 5.63 Å². The molecule has 25 heavy (non-hydrogen) atoms. The van der Waals surface area contributed by atoms with E-state index in [9.17, 15) is 9.59 Å². The minimum Gasteiger partial charge on any atom is -0.421 e. The first-order valence-corrected chi connectivity index (χ1v) is 7.91. The van der Waals surface area contributed by atoms with Gasteiger partial charge in [0.25, 0.3) is 5.56 Å². The van der Waals surface area contributed by atoms with E-state index in [2.05, 4.69) is 15.3 Å². The van der Waals surface area contributed by atoms with Crippen molar-refractivity contribution in [2.24, 2.45) is 0 Å². The van der Waals surface area contributed by atoms with Gasteiger partial charge < -0.3 is 14.7 Å². The molecule has 4 rings (SSSR count). The fourth-order valence-electron chi connectivity index (χ4n) is 2.61. The Kier molecular flexibility index (Phi) is 3.74. The highest BCUT2D eigenvalue weighted by Crippen LogP contribution is 2.18. The molecule has 0 aliphatic heterocycles. The lowest BCUT2D eigenvalue weighted by Gasteiger charge is -2.07. The number of aromatic amines is 1. The molecule has 4 aromatic rings. The number of nitrogens with one attached hydrogen (secondary N) is 2. The van der Waals surface area contributed by atoms with Gasteiger partial charge in [-0.25, -0.2) is 9.78 Å². The lowest BCUT2D eigenvalue weighted by molar-refractivity contribution is 0.559. The van der Waals surface area contributed by atoms with E-state index in [1.165, 1.54) is 12.3 Å². The first-order valence-electron chi connectivity index (χ1n) is 7.54. The highest BCUT2D eigenvalue weighted by atomic mass is 35.5. The molecule has 0 saturated carbocycles. The summed E-state index contributed by atoms with van der Waals surface area (Å²) in [4.78, 5) is 30.4. The minimum atomic E-state index is -0.420. The number of H-pyrrole nitrogens is 1. The molecule has 3 heterocycles. The fraction of sp³-hybridized carbons (Fsp3) is 0.0556. The summed E-state index contributed by atoms with van der Waals surface area (Å²) in [7, 11) is 0. The Morgan fingerprint density at radius 3 is 2.84 bits per heavy atom. The van der Waals surface area contributed by atoms with E-state index in [1.54, 1.807) is 36.4 Å². The molecule has 1 aromatic carbocycles. The molecule has 0 aliphatic carbocycles. The Hall–Kier alpha value is -3.12. The SMILES string of the molecule is O=c1ccc2cc(NCc3cc4cc(Cl)ccc4[nH]c3=O)ncc2o1. The third-order valence-corrected chi connectivity index (χ3v) is 4.09. The summed E-state index contributed by atoms with van der Waals surface area (Å²) in [5.41, 5.74) is 1.12. The Bertz CT molecular complexity index is 1210. The van der Waals surface area contributed by atoms with Crippen molar-refractivity contribution in [2.75, 3.05) is 5.32 Å². The van der Waals surface area contributed by atoms with Crippen molar-refractivity contribution in [3.8, 4) is 0 Å². The quantitative estimate of drug-likeness (QED) is 0.590. The van der Waals surface area contributed by atoms with E-state index >= 15 is 0 Å². The van der Waals surface area contributed by atoms with Crippen LogP contribution in [-0.4, -0.2) is 9.97 Å². The van der Waals surface area contributed by atoms with Gasteiger partial charge in [-0.1, -0.05) is 11.6 Å². The van der Waals surface area contributed by atoms with Gasteiger partial charge in [0.1, 0.15) is 5.82 Å². The summed E-state index contributed by atoms with van der Waals surface area (Å²) in [6, 6.07) is 11.9. The van der Waals surface area contributed by atoms with Crippen LogP contribution in [0, 0.1) is 0 Å². The van der Waals surface area contributed by atoms with E-state index in [0.29, 0.717) is 28.5 Å². The van der Waals surface area contributed by atoms with Crippen molar-refractivity contribution in [1.29, 1.82) is 0 Å². The number of anilines is 1. The van der Waals surface area contributed by atoms with E-state index in [-0.39, 0.29) is 5.56 Å². The molecule has 0 atom stereocenters. The number of hydrogen-bond acceptors (Lipinski definition) is 5. The molecule has 0 spiro atoms. The summed E-state index contributed by atoms with van der Waals surface area (Å²) >= 11 is 6.00. The largest absolute Gasteiger partial charge is 0.421 e. The van der Waals surface area contributed by atoms with Gasteiger partial charge in [0.2, 0.25) is 0 Å². The van der Waals surface area contributed by atoms with Gasteiger partial charge in [0.15, 0.2) is 5.58 Å². The number of aromatic nitrogens is 2. The van der Waals surface area contributed by atoms with Crippen LogP contribution in [0.3, 0.4) is 0 Å². The van der Waals surface area contributed by atoms with E-state index < -0.39 is 5.63 Å². The predicted molar refractivity (Wildman–Crippen MR) is 97.2 cm³/mol. The second-order valence-corrected chi connectivity index (χ2v) is 6.01. The number of hydrogen-bond donors (Lipinski definition) is 2. The van der Waals surface area contributed by atoms with Gasteiger partial charge in [-0.2, -0.15) is 0 Å². The first kappa shape index (κ1) is 15.4. The average molecular weight is 354 g/mol. The molecule has 6 nitrogen and oxygen atoms in total. The van der Waals surface area contributed by atoms with Crippen molar-refractivity contribution in [3.63, 3.8) is 0 Å². The van der Waals surface area contributed by atoms with Gasteiger partial charge in [-0.15, -0.1) is 0 Å². The lowest BCUT2D eigenvalue weighted by atomic mass is 10.1. The monoisotopic (exact) mass is 353 g/mol. The molecule has 0 aliphatic rings. The number of fused-ring (bicyclic) bond motifs is 2. The van der Waals surface area contributed by atoms with Crippen LogP contribution in [0.25, 0.3) is 21.9 Å². The summed E-state index contributed by atoms with van der Waals surface area (Å²) in [5, 5.41) is 5.32. The van der Waals surface area contributed by atoms with Gasteiger partial charge in [0.05, 0.1) is 6.20 Å². The van der Waals surface area contributed by atoms with Crippen molar-refractivity contribution >= 4 is 39.3 Å². The normalized spacial score (nSPS) is 11.1. The molecule has 2 N–H and O–H groups in total. The minimum absolute atomic E-state index is 0.172. The van der Waals surface area contributed by atoms with Crippen LogP contribution >= 0.6 is 11.6 Å². The van der Waals surface area contributed by atoms with Crippen LogP contribution < -0.4 is 16.5 Å². The summed E-state index contributed by atoms with van der Waals surface area (Å²) in [5.74, 6) is 0.576. The summed E-state index contributed by atoms with van der Waals surface area (Å²) < 4.78 is 5.04. The van der Waals surface area contributed by atoms with Crippen LogP contribution in [0.2, 0.25) is 5.02 Å². The first-order chi connectivity index (χ1) is 12.1. The highest BCUT2D eigenvalue weighted by Gasteiger charge is 2.05. The zero-order chi connectivity index (χ0) is 17.4. The Morgan fingerprint density at radius 2 is 1.96 bits per heavy atom. The second-order valence-electron chi connectivity index (χ2n) is 5.57. The van der Waals surface area contributed by atoms with Gasteiger partial charge in [-0.05, 0) is 36.4 Å². The maximum absolute atomic E-state index is 12.2. The molecule has 3 aromatic heterocycles. The number of benzene rings is 1. The standard InChI is InChI=1S/C18H12ClN3O3/c19-13-2-3-14-11(6-13)5-12(18(24)22-14)8-20-16-7-10-1-4-17(23)25-15(10)9-21-16/h1-7,9H,8H2,(H,20,21)(H,22,24). The summed E-state index contributed by atoms with van der Waals surface area (Å²) in [6.45, 7) is 0.299. The molecule has 7 heteroatoms. The van der Waals surface area contributed by atoms with Crippen LogP contribution in [0.5, 0.6) is 0 Å². The van der Waals surface area contributed by atoms with Gasteiger partial charge in [0, 0.05) is 39.5 Å². The van der Waals surface area contributed by atoms with Crippen LogP contribution in [0.4, 0.5) is 5.82 Å². The van der Waals surface area contributed by atoms with Crippen molar-refractivity contribution in [3.05, 3.63) is 80.0 Å².